The van der Waals surface area contributed by atoms with Crippen molar-refractivity contribution in [3.63, 3.8) is 0 Å². The summed E-state index contributed by atoms with van der Waals surface area (Å²) in [6, 6.07) is 12.7. The third kappa shape index (κ3) is 4.73. The standard InChI is InChI=1S/C19H22N6O2S2/c1-12-7-6-9-15(25(21)19(26)24(2)20)14(12)11-29-18(28-3)22-17-13-8-4-5-10-16(13)27-23-17/h4-10H,11,20-21H2,1-3H3. The van der Waals surface area contributed by atoms with E-state index >= 15 is 0 Å². The summed E-state index contributed by atoms with van der Waals surface area (Å²) in [5, 5.41) is 6.93. The van der Waals surface area contributed by atoms with Gasteiger partial charge in [0.1, 0.15) is 4.38 Å². The highest BCUT2D eigenvalue weighted by Crippen LogP contribution is 2.32. The SMILES string of the molecule is CSC(=Nc1noc2ccccc12)SCc1c(C)cccc1N(N)C(=O)N(C)N. The number of anilines is 1. The predicted octanol–water partition coefficient (Wildman–Crippen LogP) is 4.03. The highest BCUT2D eigenvalue weighted by atomic mass is 32.2. The van der Waals surface area contributed by atoms with Gasteiger partial charge in [0.05, 0.1) is 11.1 Å². The van der Waals surface area contributed by atoms with Crippen LogP contribution in [0.1, 0.15) is 11.1 Å². The lowest BCUT2D eigenvalue weighted by atomic mass is 10.1. The van der Waals surface area contributed by atoms with Crippen LogP contribution < -0.4 is 16.7 Å². The Labute approximate surface area is 177 Å². The number of aliphatic imine (C=N–C) groups is 1. The van der Waals surface area contributed by atoms with Gasteiger partial charge in [-0.1, -0.05) is 41.2 Å². The molecule has 8 nitrogen and oxygen atoms in total. The third-order valence-corrected chi connectivity index (χ3v) is 6.29. The molecule has 29 heavy (non-hydrogen) atoms. The molecule has 10 heteroatoms. The quantitative estimate of drug-likeness (QED) is 0.211. The zero-order valence-electron chi connectivity index (χ0n) is 16.3. The van der Waals surface area contributed by atoms with Crippen molar-refractivity contribution in [2.45, 2.75) is 12.7 Å². The van der Waals surface area contributed by atoms with E-state index in [1.807, 2.05) is 49.6 Å². The van der Waals surface area contributed by atoms with E-state index in [0.717, 1.165) is 30.9 Å². The fraction of sp³-hybridized carbons (Fsp3) is 0.211. The van der Waals surface area contributed by atoms with Crippen molar-refractivity contribution in [2.24, 2.45) is 16.7 Å². The molecule has 1 aromatic heterocycles. The number of rotatable bonds is 4. The lowest BCUT2D eigenvalue weighted by Gasteiger charge is -2.24. The van der Waals surface area contributed by atoms with Crippen molar-refractivity contribution in [3.05, 3.63) is 53.6 Å². The number of nitrogens with zero attached hydrogens (tertiary/aromatic N) is 4. The first-order chi connectivity index (χ1) is 13.9. The first-order valence-corrected chi connectivity index (χ1v) is 10.9. The highest BCUT2D eigenvalue weighted by Gasteiger charge is 2.19. The molecule has 0 aliphatic heterocycles. The molecular weight excluding hydrogens is 408 g/mol. The Hall–Kier alpha value is -2.53. The van der Waals surface area contributed by atoms with E-state index in [4.69, 9.17) is 16.2 Å². The topological polar surface area (TPSA) is 114 Å². The largest absolute Gasteiger partial charge is 0.354 e. The zero-order chi connectivity index (χ0) is 21.0. The number of nitrogens with two attached hydrogens (primary N) is 2. The number of fused-ring (bicyclic) bond motifs is 1. The molecule has 2 amide bonds. The van der Waals surface area contributed by atoms with Crippen LogP contribution in [-0.4, -0.2) is 33.9 Å². The van der Waals surface area contributed by atoms with Gasteiger partial charge in [0.2, 0.25) is 5.82 Å². The molecule has 0 spiro atoms. The van der Waals surface area contributed by atoms with E-state index in [1.54, 1.807) is 17.8 Å². The van der Waals surface area contributed by atoms with E-state index in [2.05, 4.69) is 10.1 Å². The number of aryl methyl sites for hydroxylation is 1. The summed E-state index contributed by atoms with van der Waals surface area (Å²) in [4.78, 5) is 16.8. The monoisotopic (exact) mass is 430 g/mol. The molecule has 0 atom stereocenters. The second-order valence-corrected chi connectivity index (χ2v) is 8.23. The molecule has 0 aliphatic rings. The Bertz CT molecular complexity index is 1050. The van der Waals surface area contributed by atoms with Crippen LogP contribution in [0, 0.1) is 6.92 Å². The fourth-order valence-electron chi connectivity index (χ4n) is 2.68. The summed E-state index contributed by atoms with van der Waals surface area (Å²) < 4.78 is 6.15. The summed E-state index contributed by atoms with van der Waals surface area (Å²) in [6.45, 7) is 1.98. The number of thioether (sulfide) groups is 2. The molecule has 0 radical (unpaired) electrons. The van der Waals surface area contributed by atoms with Gasteiger partial charge in [-0.3, -0.25) is 5.01 Å². The third-order valence-electron chi connectivity index (χ3n) is 4.22. The number of amides is 2. The maximum absolute atomic E-state index is 12.2. The number of aromatic nitrogens is 1. The van der Waals surface area contributed by atoms with Crippen LogP contribution in [0.3, 0.4) is 0 Å². The minimum atomic E-state index is -0.505. The number of carbonyl (C=O) groups excluding carboxylic acids is 1. The molecule has 1 heterocycles. The average Bonchev–Trinajstić information content (AvgIpc) is 3.13. The Balaban J connectivity index is 1.85. The molecule has 152 valence electrons. The smallest absolute Gasteiger partial charge is 0.352 e. The van der Waals surface area contributed by atoms with Gasteiger partial charge in [0.25, 0.3) is 0 Å². The van der Waals surface area contributed by atoms with Gasteiger partial charge in [-0.15, -0.1) is 11.8 Å². The molecule has 4 N–H and O–H groups in total. The van der Waals surface area contributed by atoms with Crippen LogP contribution in [-0.2, 0) is 5.75 Å². The molecular formula is C19H22N6O2S2. The van der Waals surface area contributed by atoms with Crippen LogP contribution in [0.25, 0.3) is 11.0 Å². The Kier molecular flexibility index (Phi) is 6.80. The fourth-order valence-corrected chi connectivity index (χ4v) is 4.30. The lowest BCUT2D eigenvalue weighted by Crippen LogP contribution is -2.49. The summed E-state index contributed by atoms with van der Waals surface area (Å²) in [7, 11) is 1.45. The molecule has 3 rings (SSSR count). The van der Waals surface area contributed by atoms with Crippen molar-refractivity contribution in [3.8, 4) is 0 Å². The molecule has 0 bridgehead atoms. The van der Waals surface area contributed by atoms with Crippen molar-refractivity contribution in [1.82, 2.24) is 10.2 Å². The number of benzene rings is 2. The normalized spacial score (nSPS) is 11.7. The minimum Gasteiger partial charge on any atom is -0.354 e. The number of hydrogen-bond donors (Lipinski definition) is 2. The minimum absolute atomic E-state index is 0.505. The summed E-state index contributed by atoms with van der Waals surface area (Å²) in [6.07, 6.45) is 1.95. The van der Waals surface area contributed by atoms with E-state index in [-0.39, 0.29) is 0 Å². The summed E-state index contributed by atoms with van der Waals surface area (Å²) in [5.74, 6) is 12.7. The van der Waals surface area contributed by atoms with E-state index in [9.17, 15) is 4.79 Å². The van der Waals surface area contributed by atoms with E-state index < -0.39 is 6.03 Å². The maximum Gasteiger partial charge on any atom is 0.352 e. The first-order valence-electron chi connectivity index (χ1n) is 8.68. The molecule has 0 aliphatic carbocycles. The van der Waals surface area contributed by atoms with Gasteiger partial charge in [0.15, 0.2) is 5.58 Å². The van der Waals surface area contributed by atoms with E-state index in [1.165, 1.54) is 18.8 Å². The first kappa shape index (κ1) is 21.2. The van der Waals surface area contributed by atoms with Crippen molar-refractivity contribution in [2.75, 3.05) is 18.3 Å². The van der Waals surface area contributed by atoms with E-state index in [0.29, 0.717) is 22.8 Å². The van der Waals surface area contributed by atoms with Gasteiger partial charge in [0, 0.05) is 12.8 Å². The summed E-state index contributed by atoms with van der Waals surface area (Å²) in [5.41, 5.74) is 3.25. The number of para-hydroxylation sites is 1. The van der Waals surface area contributed by atoms with Crippen LogP contribution in [0.2, 0.25) is 0 Å². The number of hydrazine groups is 2. The molecule has 3 aromatic rings. The van der Waals surface area contributed by atoms with Crippen molar-refractivity contribution >= 4 is 56.4 Å². The van der Waals surface area contributed by atoms with Crippen LogP contribution >= 0.6 is 23.5 Å². The number of hydrogen-bond acceptors (Lipinski definition) is 8. The Morgan fingerprint density at radius 2 is 1.97 bits per heavy atom. The van der Waals surface area contributed by atoms with Gasteiger partial charge in [-0.25, -0.2) is 26.5 Å². The average molecular weight is 431 g/mol. The van der Waals surface area contributed by atoms with Gasteiger partial charge in [-0.2, -0.15) is 0 Å². The second-order valence-electron chi connectivity index (χ2n) is 6.21. The number of carbonyl (C=O) groups is 1. The maximum atomic E-state index is 12.2. The van der Waals surface area contributed by atoms with Crippen molar-refractivity contribution in [1.29, 1.82) is 0 Å². The van der Waals surface area contributed by atoms with Crippen LogP contribution in [0.5, 0.6) is 0 Å². The van der Waals surface area contributed by atoms with Crippen LogP contribution in [0.4, 0.5) is 16.3 Å². The van der Waals surface area contributed by atoms with Gasteiger partial charge in [-0.05, 0) is 42.5 Å². The predicted molar refractivity (Wildman–Crippen MR) is 121 cm³/mol. The second kappa shape index (κ2) is 9.31. The van der Waals surface area contributed by atoms with Crippen LogP contribution in [0.15, 0.2) is 52.0 Å². The summed E-state index contributed by atoms with van der Waals surface area (Å²) >= 11 is 3.06. The van der Waals surface area contributed by atoms with Gasteiger partial charge >= 0.3 is 6.03 Å². The molecule has 2 aromatic carbocycles. The van der Waals surface area contributed by atoms with Gasteiger partial charge < -0.3 is 4.52 Å². The molecule has 0 saturated heterocycles. The molecule has 0 saturated carbocycles. The molecule has 0 fully saturated rings. The van der Waals surface area contributed by atoms with Crippen molar-refractivity contribution < 1.29 is 9.32 Å². The number of urea groups is 1. The zero-order valence-corrected chi connectivity index (χ0v) is 18.0. The lowest BCUT2D eigenvalue weighted by molar-refractivity contribution is 0.216. The highest BCUT2D eigenvalue weighted by molar-refractivity contribution is 8.38. The Morgan fingerprint density at radius 3 is 2.69 bits per heavy atom. The molecule has 0 unspecified atom stereocenters. The Morgan fingerprint density at radius 1 is 1.21 bits per heavy atom.